The quantitative estimate of drug-likeness (QED) is 0.379. The summed E-state index contributed by atoms with van der Waals surface area (Å²) in [7, 11) is 0. The van der Waals surface area contributed by atoms with Crippen LogP contribution in [0.4, 0.5) is 18.9 Å². The zero-order valence-electron chi connectivity index (χ0n) is 11.4. The molecule has 0 amide bonds. The summed E-state index contributed by atoms with van der Waals surface area (Å²) in [4.78, 5) is 1.82. The lowest BCUT2D eigenvalue weighted by Gasteiger charge is -2.33. The summed E-state index contributed by atoms with van der Waals surface area (Å²) in [5, 5.41) is 11.2. The number of nitrogens with two attached hydrogens (primary N) is 1. The van der Waals surface area contributed by atoms with Gasteiger partial charge in [0.25, 0.3) is 0 Å². The topological polar surface area (TPSA) is 71.1 Å². The van der Waals surface area contributed by atoms with Gasteiger partial charge >= 0.3 is 6.18 Å². The molecule has 1 saturated heterocycles. The fourth-order valence-electron chi connectivity index (χ4n) is 2.29. The lowest BCUT2D eigenvalue weighted by molar-refractivity contribution is -0.137. The second-order valence-corrected chi connectivity index (χ2v) is 4.84. The summed E-state index contributed by atoms with van der Waals surface area (Å²) in [6.45, 7) is 3.36. The van der Waals surface area contributed by atoms with Crippen LogP contribution in [-0.2, 0) is 10.9 Å². The molecule has 0 radical (unpaired) electrons. The Labute approximate surface area is 119 Å². The molecule has 1 heterocycles. The maximum absolute atomic E-state index is 13.1. The van der Waals surface area contributed by atoms with Crippen molar-refractivity contribution in [2.24, 2.45) is 10.9 Å². The molecule has 1 atom stereocenters. The molecule has 8 heteroatoms. The van der Waals surface area contributed by atoms with E-state index in [1.807, 2.05) is 11.8 Å². The molecule has 1 aromatic rings. The molecule has 21 heavy (non-hydrogen) atoms. The number of amidine groups is 1. The van der Waals surface area contributed by atoms with E-state index in [4.69, 9.17) is 15.7 Å². The van der Waals surface area contributed by atoms with Crippen molar-refractivity contribution in [3.8, 4) is 0 Å². The van der Waals surface area contributed by atoms with Crippen LogP contribution in [0.1, 0.15) is 18.1 Å². The van der Waals surface area contributed by atoms with E-state index in [0.717, 1.165) is 6.07 Å². The molecule has 1 unspecified atom stereocenters. The number of ether oxygens (including phenoxy) is 1. The Hall–Kier alpha value is -1.96. The minimum absolute atomic E-state index is 0.0446. The van der Waals surface area contributed by atoms with E-state index in [2.05, 4.69) is 5.16 Å². The first kappa shape index (κ1) is 15.4. The number of halogens is 3. The fraction of sp³-hybridized carbons (Fsp3) is 0.462. The normalized spacial score (nSPS) is 20.7. The summed E-state index contributed by atoms with van der Waals surface area (Å²) < 4.78 is 44.8. The highest BCUT2D eigenvalue weighted by Gasteiger charge is 2.35. The summed E-state index contributed by atoms with van der Waals surface area (Å²) in [5.41, 5.74) is 4.49. The van der Waals surface area contributed by atoms with Crippen molar-refractivity contribution in [3.63, 3.8) is 0 Å². The molecule has 2 rings (SSSR count). The zero-order valence-corrected chi connectivity index (χ0v) is 11.4. The summed E-state index contributed by atoms with van der Waals surface area (Å²) in [6, 6.07) is 3.76. The van der Waals surface area contributed by atoms with E-state index in [9.17, 15) is 13.2 Å². The number of nitrogens with zero attached hydrogens (tertiary/aromatic N) is 2. The minimum atomic E-state index is -4.58. The van der Waals surface area contributed by atoms with Gasteiger partial charge in [0.2, 0.25) is 0 Å². The average Bonchev–Trinajstić information content (AvgIpc) is 2.45. The summed E-state index contributed by atoms with van der Waals surface area (Å²) in [5.74, 6) is -0.566. The fourth-order valence-corrected chi connectivity index (χ4v) is 2.29. The Morgan fingerprint density at radius 1 is 1.48 bits per heavy atom. The molecule has 3 N–H and O–H groups in total. The first-order valence-corrected chi connectivity index (χ1v) is 6.38. The Morgan fingerprint density at radius 3 is 2.76 bits per heavy atom. The van der Waals surface area contributed by atoms with Gasteiger partial charge in [-0.1, -0.05) is 5.16 Å². The Bertz CT molecular complexity index is 546. The van der Waals surface area contributed by atoms with Crippen molar-refractivity contribution < 1.29 is 23.1 Å². The maximum Gasteiger partial charge on any atom is 0.417 e. The molecule has 1 aromatic carbocycles. The zero-order chi connectivity index (χ0) is 15.6. The van der Waals surface area contributed by atoms with Crippen LogP contribution in [0.25, 0.3) is 0 Å². The van der Waals surface area contributed by atoms with Crippen molar-refractivity contribution in [1.29, 1.82) is 0 Å². The van der Waals surface area contributed by atoms with E-state index in [0.29, 0.717) is 25.4 Å². The third-order valence-corrected chi connectivity index (χ3v) is 3.30. The molecule has 0 spiro atoms. The number of rotatable bonds is 2. The second kappa shape index (κ2) is 5.80. The number of morpholine rings is 1. The Balaban J connectivity index is 2.42. The van der Waals surface area contributed by atoms with Gasteiger partial charge in [-0.05, 0) is 25.1 Å². The van der Waals surface area contributed by atoms with Crippen LogP contribution in [0.15, 0.2) is 23.4 Å². The van der Waals surface area contributed by atoms with E-state index >= 15 is 0 Å². The summed E-state index contributed by atoms with van der Waals surface area (Å²) in [6.07, 6.45) is -4.63. The van der Waals surface area contributed by atoms with Crippen LogP contribution < -0.4 is 10.6 Å². The van der Waals surface area contributed by atoms with Crippen molar-refractivity contribution in [2.45, 2.75) is 19.2 Å². The highest BCUT2D eigenvalue weighted by atomic mass is 19.4. The highest BCUT2D eigenvalue weighted by Crippen LogP contribution is 2.35. The van der Waals surface area contributed by atoms with Gasteiger partial charge in [-0.15, -0.1) is 0 Å². The first-order chi connectivity index (χ1) is 9.82. The third kappa shape index (κ3) is 3.38. The number of anilines is 1. The van der Waals surface area contributed by atoms with E-state index in [-0.39, 0.29) is 11.7 Å². The average molecular weight is 303 g/mol. The Morgan fingerprint density at radius 2 is 2.19 bits per heavy atom. The molecule has 1 fully saturated rings. The number of benzene rings is 1. The molecule has 0 aliphatic carbocycles. The Kier molecular flexibility index (Phi) is 4.26. The molecular weight excluding hydrogens is 287 g/mol. The first-order valence-electron chi connectivity index (χ1n) is 6.38. The predicted octanol–water partition coefficient (Wildman–Crippen LogP) is 2.03. The van der Waals surface area contributed by atoms with Gasteiger partial charge in [-0.3, -0.25) is 0 Å². The van der Waals surface area contributed by atoms with Crippen LogP contribution in [-0.4, -0.2) is 36.8 Å². The molecule has 1 aliphatic rings. The van der Waals surface area contributed by atoms with Crippen molar-refractivity contribution >= 4 is 11.5 Å². The van der Waals surface area contributed by atoms with Crippen LogP contribution in [0.2, 0.25) is 0 Å². The predicted molar refractivity (Wildman–Crippen MR) is 71.6 cm³/mol. The number of hydrogen-bond donors (Lipinski definition) is 2. The van der Waals surface area contributed by atoms with Gasteiger partial charge in [0.1, 0.15) is 0 Å². The molecule has 116 valence electrons. The molecular formula is C13H16F3N3O2. The van der Waals surface area contributed by atoms with Gasteiger partial charge < -0.3 is 20.6 Å². The van der Waals surface area contributed by atoms with Gasteiger partial charge in [0.05, 0.1) is 18.3 Å². The molecule has 0 bridgehead atoms. The standard InChI is InChI=1S/C13H16F3N3O2/c1-8-7-19(4-5-21-8)9-2-3-10(12(17)18-20)11(6-9)13(14,15)16/h2-3,6,8,20H,4-5,7H2,1H3,(H2,17,18). The van der Waals surface area contributed by atoms with Crippen LogP contribution >= 0.6 is 0 Å². The smallest absolute Gasteiger partial charge is 0.409 e. The van der Waals surface area contributed by atoms with E-state index in [1.54, 1.807) is 0 Å². The van der Waals surface area contributed by atoms with Gasteiger partial charge in [-0.25, -0.2) is 0 Å². The second-order valence-electron chi connectivity index (χ2n) is 4.84. The molecule has 0 aromatic heterocycles. The molecule has 1 aliphatic heterocycles. The van der Waals surface area contributed by atoms with Gasteiger partial charge in [0, 0.05) is 24.3 Å². The van der Waals surface area contributed by atoms with Crippen LogP contribution in [0.5, 0.6) is 0 Å². The number of oxime groups is 1. The SMILES string of the molecule is CC1CN(c2ccc(/C(N)=N/O)c(C(F)(F)F)c2)CCO1. The van der Waals surface area contributed by atoms with E-state index in [1.165, 1.54) is 12.1 Å². The lowest BCUT2D eigenvalue weighted by Crippen LogP contribution is -2.41. The lowest BCUT2D eigenvalue weighted by atomic mass is 10.0. The molecule has 0 saturated carbocycles. The van der Waals surface area contributed by atoms with E-state index < -0.39 is 17.6 Å². The number of hydrogen-bond acceptors (Lipinski definition) is 4. The summed E-state index contributed by atoms with van der Waals surface area (Å²) >= 11 is 0. The van der Waals surface area contributed by atoms with Crippen molar-refractivity contribution in [1.82, 2.24) is 0 Å². The third-order valence-electron chi connectivity index (χ3n) is 3.30. The maximum atomic E-state index is 13.1. The monoisotopic (exact) mass is 303 g/mol. The van der Waals surface area contributed by atoms with Gasteiger partial charge in [-0.2, -0.15) is 13.2 Å². The van der Waals surface area contributed by atoms with Crippen molar-refractivity contribution in [2.75, 3.05) is 24.6 Å². The minimum Gasteiger partial charge on any atom is -0.409 e. The highest BCUT2D eigenvalue weighted by molar-refractivity contribution is 5.99. The largest absolute Gasteiger partial charge is 0.417 e. The van der Waals surface area contributed by atoms with Gasteiger partial charge in [0.15, 0.2) is 5.84 Å². The number of alkyl halides is 3. The van der Waals surface area contributed by atoms with Crippen LogP contribution in [0.3, 0.4) is 0 Å². The molecule has 5 nitrogen and oxygen atoms in total. The van der Waals surface area contributed by atoms with Crippen LogP contribution in [0, 0.1) is 0 Å². The van der Waals surface area contributed by atoms with Crippen molar-refractivity contribution in [3.05, 3.63) is 29.3 Å².